The Bertz CT molecular complexity index is 1070. The van der Waals surface area contributed by atoms with Crippen molar-refractivity contribution >= 4 is 23.6 Å². The Morgan fingerprint density at radius 1 is 1.06 bits per heavy atom. The Balaban J connectivity index is 1.42. The van der Waals surface area contributed by atoms with E-state index in [9.17, 15) is 9.59 Å². The second-order valence-corrected chi connectivity index (χ2v) is 8.83. The molecule has 4 rings (SSSR count). The van der Waals surface area contributed by atoms with Gasteiger partial charge in [-0.15, -0.1) is 11.8 Å². The van der Waals surface area contributed by atoms with Gasteiger partial charge in [-0.05, 0) is 47.9 Å². The lowest BCUT2D eigenvalue weighted by Crippen LogP contribution is -2.28. The molecule has 0 saturated carbocycles. The van der Waals surface area contributed by atoms with Crippen LogP contribution in [0.5, 0.6) is 5.75 Å². The van der Waals surface area contributed by atoms with Crippen LogP contribution in [0.3, 0.4) is 0 Å². The summed E-state index contributed by atoms with van der Waals surface area (Å²) in [5.41, 5.74) is 3.74. The molecule has 1 aliphatic heterocycles. The van der Waals surface area contributed by atoms with Gasteiger partial charge in [-0.25, -0.2) is 0 Å². The Hall–Kier alpha value is -3.25. The average molecular weight is 447 g/mol. The van der Waals surface area contributed by atoms with Crippen molar-refractivity contribution in [1.29, 1.82) is 0 Å². The second-order valence-electron chi connectivity index (χ2n) is 7.76. The van der Waals surface area contributed by atoms with E-state index in [0.29, 0.717) is 17.9 Å². The standard InChI is InChI=1S/C26H26N2O3S/c1-18(20-12-14-23(31-2)15-13-20)27-25(30)21-8-10-22(11-9-21)26-28(24(29)17-32-26)16-19-6-4-3-5-7-19/h3-15,18,26H,16-17H2,1-2H3,(H,27,30)/t18-,26-/m0/s1. The summed E-state index contributed by atoms with van der Waals surface area (Å²) in [5.74, 6) is 1.27. The number of hydrogen-bond acceptors (Lipinski definition) is 4. The molecule has 2 atom stereocenters. The molecule has 3 aromatic carbocycles. The molecule has 32 heavy (non-hydrogen) atoms. The molecule has 6 heteroatoms. The number of nitrogens with zero attached hydrogens (tertiary/aromatic N) is 1. The molecule has 0 aromatic heterocycles. The molecule has 1 saturated heterocycles. The van der Waals surface area contributed by atoms with E-state index in [-0.39, 0.29) is 23.2 Å². The normalized spacial score (nSPS) is 16.6. The third kappa shape index (κ3) is 4.97. The summed E-state index contributed by atoms with van der Waals surface area (Å²) in [6.45, 7) is 2.54. The Labute approximate surface area is 192 Å². The second kappa shape index (κ2) is 9.92. The Morgan fingerprint density at radius 2 is 1.75 bits per heavy atom. The van der Waals surface area contributed by atoms with Crippen LogP contribution in [-0.4, -0.2) is 29.6 Å². The van der Waals surface area contributed by atoms with Crippen molar-refractivity contribution in [2.45, 2.75) is 24.9 Å². The first-order chi connectivity index (χ1) is 15.5. The fourth-order valence-electron chi connectivity index (χ4n) is 3.74. The molecule has 0 unspecified atom stereocenters. The van der Waals surface area contributed by atoms with Gasteiger partial charge in [-0.2, -0.15) is 0 Å². The molecular formula is C26H26N2O3S. The molecule has 0 bridgehead atoms. The number of methoxy groups -OCH3 is 1. The van der Waals surface area contributed by atoms with E-state index in [0.717, 1.165) is 22.4 Å². The molecule has 1 fully saturated rings. The van der Waals surface area contributed by atoms with E-state index in [1.165, 1.54) is 0 Å². The number of thioether (sulfide) groups is 1. The molecule has 1 heterocycles. The highest BCUT2D eigenvalue weighted by molar-refractivity contribution is 8.00. The maximum Gasteiger partial charge on any atom is 0.251 e. The van der Waals surface area contributed by atoms with Gasteiger partial charge in [0.1, 0.15) is 11.1 Å². The van der Waals surface area contributed by atoms with Gasteiger partial charge in [0.25, 0.3) is 5.91 Å². The monoisotopic (exact) mass is 446 g/mol. The lowest BCUT2D eigenvalue weighted by Gasteiger charge is -2.24. The largest absolute Gasteiger partial charge is 0.497 e. The van der Waals surface area contributed by atoms with E-state index in [1.54, 1.807) is 18.9 Å². The third-order valence-corrected chi connectivity index (χ3v) is 6.84. The minimum absolute atomic E-state index is 0.0435. The fourth-order valence-corrected chi connectivity index (χ4v) is 4.92. The topological polar surface area (TPSA) is 58.6 Å². The van der Waals surface area contributed by atoms with Crippen LogP contribution in [0.4, 0.5) is 0 Å². The molecule has 0 radical (unpaired) electrons. The van der Waals surface area contributed by atoms with Crippen LogP contribution >= 0.6 is 11.8 Å². The van der Waals surface area contributed by atoms with Gasteiger partial charge in [0, 0.05) is 12.1 Å². The van der Waals surface area contributed by atoms with Gasteiger partial charge in [0.2, 0.25) is 5.91 Å². The number of nitrogens with one attached hydrogen (secondary N) is 1. The zero-order valence-corrected chi connectivity index (χ0v) is 19.0. The van der Waals surface area contributed by atoms with E-state index >= 15 is 0 Å². The van der Waals surface area contributed by atoms with Crippen molar-refractivity contribution in [3.8, 4) is 5.75 Å². The van der Waals surface area contributed by atoms with Crippen molar-refractivity contribution in [2.24, 2.45) is 0 Å². The van der Waals surface area contributed by atoms with Crippen LogP contribution in [0.15, 0.2) is 78.9 Å². The van der Waals surface area contributed by atoms with Crippen molar-refractivity contribution in [2.75, 3.05) is 12.9 Å². The van der Waals surface area contributed by atoms with Gasteiger partial charge in [0.05, 0.1) is 18.9 Å². The van der Waals surface area contributed by atoms with Crippen molar-refractivity contribution in [1.82, 2.24) is 10.2 Å². The molecule has 164 valence electrons. The summed E-state index contributed by atoms with van der Waals surface area (Å²) in [7, 11) is 1.63. The van der Waals surface area contributed by atoms with Gasteiger partial charge >= 0.3 is 0 Å². The molecule has 5 nitrogen and oxygen atoms in total. The number of benzene rings is 3. The first-order valence-electron chi connectivity index (χ1n) is 10.5. The number of ether oxygens (including phenoxy) is 1. The van der Waals surface area contributed by atoms with Crippen LogP contribution in [0.2, 0.25) is 0 Å². The zero-order valence-electron chi connectivity index (χ0n) is 18.2. The fraction of sp³-hybridized carbons (Fsp3) is 0.231. The lowest BCUT2D eigenvalue weighted by atomic mass is 10.1. The molecule has 2 amide bonds. The highest BCUT2D eigenvalue weighted by Gasteiger charge is 2.32. The highest BCUT2D eigenvalue weighted by atomic mass is 32.2. The maximum atomic E-state index is 12.7. The first-order valence-corrected chi connectivity index (χ1v) is 11.6. The number of hydrogen-bond donors (Lipinski definition) is 1. The van der Waals surface area contributed by atoms with Gasteiger partial charge in [0.15, 0.2) is 0 Å². The molecule has 1 N–H and O–H groups in total. The minimum Gasteiger partial charge on any atom is -0.497 e. The number of carbonyl (C=O) groups excluding carboxylic acids is 2. The molecule has 0 aliphatic carbocycles. The van der Waals surface area contributed by atoms with Crippen molar-refractivity contribution in [3.05, 3.63) is 101 Å². The summed E-state index contributed by atoms with van der Waals surface area (Å²) in [4.78, 5) is 27.1. The highest BCUT2D eigenvalue weighted by Crippen LogP contribution is 2.39. The van der Waals surface area contributed by atoms with Crippen LogP contribution in [0.1, 0.15) is 45.4 Å². The van der Waals surface area contributed by atoms with Crippen LogP contribution < -0.4 is 10.1 Å². The smallest absolute Gasteiger partial charge is 0.251 e. The third-order valence-electron chi connectivity index (χ3n) is 5.59. The Kier molecular flexibility index (Phi) is 6.81. The Morgan fingerprint density at radius 3 is 2.41 bits per heavy atom. The summed E-state index contributed by atoms with van der Waals surface area (Å²) in [6.07, 6.45) is 0. The molecule has 1 aliphatic rings. The van der Waals surface area contributed by atoms with Crippen LogP contribution in [-0.2, 0) is 11.3 Å². The van der Waals surface area contributed by atoms with Crippen LogP contribution in [0, 0.1) is 0 Å². The minimum atomic E-state index is -0.129. The predicted octanol–water partition coefficient (Wildman–Crippen LogP) is 4.96. The van der Waals surface area contributed by atoms with Gasteiger partial charge in [-0.1, -0.05) is 54.6 Å². The van der Waals surface area contributed by atoms with Gasteiger partial charge < -0.3 is 15.0 Å². The van der Waals surface area contributed by atoms with E-state index < -0.39 is 0 Å². The number of carbonyl (C=O) groups is 2. The summed E-state index contributed by atoms with van der Waals surface area (Å²) in [6, 6.07) is 25.1. The molecular weight excluding hydrogens is 420 g/mol. The summed E-state index contributed by atoms with van der Waals surface area (Å²) in [5, 5.41) is 2.99. The summed E-state index contributed by atoms with van der Waals surface area (Å²) >= 11 is 1.62. The maximum absolute atomic E-state index is 12.7. The van der Waals surface area contributed by atoms with E-state index in [1.807, 2.05) is 90.7 Å². The van der Waals surface area contributed by atoms with Crippen LogP contribution in [0.25, 0.3) is 0 Å². The first kappa shape index (κ1) is 22.0. The van der Waals surface area contributed by atoms with E-state index in [2.05, 4.69) is 5.32 Å². The zero-order chi connectivity index (χ0) is 22.5. The summed E-state index contributed by atoms with van der Waals surface area (Å²) < 4.78 is 5.19. The van der Waals surface area contributed by atoms with Gasteiger partial charge in [-0.3, -0.25) is 9.59 Å². The SMILES string of the molecule is COc1ccc([C@H](C)NC(=O)c2ccc([C@@H]3SCC(=O)N3Cc3ccccc3)cc2)cc1. The van der Waals surface area contributed by atoms with Crippen molar-refractivity contribution in [3.63, 3.8) is 0 Å². The quantitative estimate of drug-likeness (QED) is 0.557. The lowest BCUT2D eigenvalue weighted by molar-refractivity contribution is -0.128. The molecule has 3 aromatic rings. The molecule has 0 spiro atoms. The number of amides is 2. The average Bonchev–Trinajstić information content (AvgIpc) is 3.19. The van der Waals surface area contributed by atoms with Crippen molar-refractivity contribution < 1.29 is 14.3 Å². The van der Waals surface area contributed by atoms with E-state index in [4.69, 9.17) is 4.74 Å². The number of rotatable bonds is 7. The predicted molar refractivity (Wildman–Crippen MR) is 128 cm³/mol.